The molecule has 0 aliphatic rings. The Morgan fingerprint density at radius 3 is 1.44 bits per heavy atom. The molecule has 0 atom stereocenters. The van der Waals surface area contributed by atoms with E-state index in [9.17, 15) is 0 Å². The first-order chi connectivity index (χ1) is 3.80. The van der Waals surface area contributed by atoms with E-state index in [1.807, 2.05) is 0 Å². The molecule has 0 aliphatic heterocycles. The third kappa shape index (κ3) is 2.03. The first-order valence-electron chi connectivity index (χ1n) is 2.27. The molecule has 3 heteroatoms. The minimum atomic E-state index is -0.0764. The summed E-state index contributed by atoms with van der Waals surface area (Å²) in [5.41, 5.74) is 0. The van der Waals surface area contributed by atoms with Crippen LogP contribution in [0.5, 0.6) is 11.5 Å². The predicted molar refractivity (Wildman–Crippen MR) is 35.5 cm³/mol. The summed E-state index contributed by atoms with van der Waals surface area (Å²) < 4.78 is 0. The molecule has 3 radical (unpaired) electrons. The largest absolute Gasteiger partial charge is 0.504 e. The van der Waals surface area contributed by atoms with Crippen molar-refractivity contribution in [2.75, 3.05) is 0 Å². The summed E-state index contributed by atoms with van der Waals surface area (Å²) >= 11 is 0. The molecule has 0 amide bonds. The number of para-hydroxylation sites is 2. The number of benzene rings is 1. The second-order valence-electron chi connectivity index (χ2n) is 1.49. The van der Waals surface area contributed by atoms with Gasteiger partial charge in [-0.05, 0) is 12.1 Å². The molecular formula is C6H6GaO2. The Morgan fingerprint density at radius 1 is 0.889 bits per heavy atom. The van der Waals surface area contributed by atoms with Crippen LogP contribution in [0.15, 0.2) is 24.3 Å². The average molecular weight is 180 g/mol. The standard InChI is InChI=1S/C6H6O2.Ga/c7-5-3-1-2-4-6(5)8;/h1-4,7-8H;. The van der Waals surface area contributed by atoms with E-state index < -0.39 is 0 Å². The zero-order valence-corrected chi connectivity index (χ0v) is 7.20. The molecule has 0 unspecified atom stereocenters. The summed E-state index contributed by atoms with van der Waals surface area (Å²) in [4.78, 5) is 0. The molecule has 0 fully saturated rings. The number of phenols is 2. The van der Waals surface area contributed by atoms with Crippen LogP contribution in [0.3, 0.4) is 0 Å². The zero-order valence-electron chi connectivity index (χ0n) is 4.78. The van der Waals surface area contributed by atoms with Gasteiger partial charge in [0.15, 0.2) is 11.5 Å². The van der Waals surface area contributed by atoms with Gasteiger partial charge in [-0.1, -0.05) is 12.1 Å². The molecule has 2 nitrogen and oxygen atoms in total. The Balaban J connectivity index is 0.000000640. The van der Waals surface area contributed by atoms with E-state index in [0.29, 0.717) is 0 Å². The van der Waals surface area contributed by atoms with Gasteiger partial charge in [-0.15, -0.1) is 0 Å². The van der Waals surface area contributed by atoms with Crippen LogP contribution in [0.1, 0.15) is 0 Å². The van der Waals surface area contributed by atoms with Gasteiger partial charge in [-0.2, -0.15) is 0 Å². The van der Waals surface area contributed by atoms with Gasteiger partial charge in [-0.25, -0.2) is 0 Å². The minimum absolute atomic E-state index is 0. The molecule has 1 rings (SSSR count). The summed E-state index contributed by atoms with van der Waals surface area (Å²) in [6, 6.07) is 6.15. The van der Waals surface area contributed by atoms with Crippen molar-refractivity contribution in [3.8, 4) is 11.5 Å². The minimum Gasteiger partial charge on any atom is -0.504 e. The molecule has 0 spiro atoms. The normalized spacial score (nSPS) is 8.00. The van der Waals surface area contributed by atoms with Gasteiger partial charge >= 0.3 is 0 Å². The monoisotopic (exact) mass is 179 g/mol. The predicted octanol–water partition coefficient (Wildman–Crippen LogP) is 0.717. The van der Waals surface area contributed by atoms with Crippen LogP contribution in [0.2, 0.25) is 0 Å². The van der Waals surface area contributed by atoms with Crippen LogP contribution in [0, 0.1) is 0 Å². The van der Waals surface area contributed by atoms with E-state index in [1.165, 1.54) is 12.1 Å². The van der Waals surface area contributed by atoms with Crippen LogP contribution < -0.4 is 0 Å². The maximum absolute atomic E-state index is 8.67. The second-order valence-corrected chi connectivity index (χ2v) is 1.49. The fourth-order valence-electron chi connectivity index (χ4n) is 0.464. The van der Waals surface area contributed by atoms with Crippen molar-refractivity contribution in [2.45, 2.75) is 0 Å². The number of phenolic OH excluding ortho intramolecular Hbond substituents is 2. The van der Waals surface area contributed by atoms with Crippen molar-refractivity contribution >= 4 is 19.8 Å². The Bertz CT molecular complexity index is 167. The smallest absolute Gasteiger partial charge is 0.157 e. The summed E-state index contributed by atoms with van der Waals surface area (Å²) in [5.74, 6) is -0.153. The molecule has 45 valence electrons. The third-order valence-corrected chi connectivity index (χ3v) is 0.882. The van der Waals surface area contributed by atoms with Crippen LogP contribution in [-0.4, -0.2) is 30.0 Å². The Kier molecular flexibility index (Phi) is 3.27. The van der Waals surface area contributed by atoms with Gasteiger partial charge in [0.25, 0.3) is 0 Å². The third-order valence-electron chi connectivity index (χ3n) is 0.882. The molecule has 0 saturated carbocycles. The van der Waals surface area contributed by atoms with E-state index in [4.69, 9.17) is 10.2 Å². The summed E-state index contributed by atoms with van der Waals surface area (Å²) in [7, 11) is 0. The van der Waals surface area contributed by atoms with Crippen LogP contribution >= 0.6 is 0 Å². The molecule has 0 aliphatic carbocycles. The molecule has 9 heavy (non-hydrogen) atoms. The van der Waals surface area contributed by atoms with Crippen molar-refractivity contribution in [2.24, 2.45) is 0 Å². The van der Waals surface area contributed by atoms with Gasteiger partial charge < -0.3 is 10.2 Å². The fourth-order valence-corrected chi connectivity index (χ4v) is 0.464. The molecule has 2 N–H and O–H groups in total. The van der Waals surface area contributed by atoms with Crippen LogP contribution in [0.25, 0.3) is 0 Å². The second kappa shape index (κ2) is 3.48. The van der Waals surface area contributed by atoms with Crippen molar-refractivity contribution < 1.29 is 10.2 Å². The summed E-state index contributed by atoms with van der Waals surface area (Å²) in [6.45, 7) is 0. The van der Waals surface area contributed by atoms with Gasteiger partial charge in [0.05, 0.1) is 0 Å². The Hall–Kier alpha value is -0.544. The van der Waals surface area contributed by atoms with Crippen molar-refractivity contribution in [3.63, 3.8) is 0 Å². The maximum atomic E-state index is 8.67. The van der Waals surface area contributed by atoms with Gasteiger partial charge in [0.2, 0.25) is 0 Å². The topological polar surface area (TPSA) is 40.5 Å². The molecule has 0 saturated heterocycles. The number of aromatic hydroxyl groups is 2. The quantitative estimate of drug-likeness (QED) is 0.455. The van der Waals surface area contributed by atoms with Gasteiger partial charge in [0.1, 0.15) is 0 Å². The maximum Gasteiger partial charge on any atom is 0.157 e. The van der Waals surface area contributed by atoms with Crippen LogP contribution in [-0.2, 0) is 0 Å². The molecule has 1 aromatic rings. The first-order valence-corrected chi connectivity index (χ1v) is 2.27. The van der Waals surface area contributed by atoms with E-state index in [1.54, 1.807) is 12.1 Å². The summed E-state index contributed by atoms with van der Waals surface area (Å²) in [6.07, 6.45) is 0. The number of hydrogen-bond donors (Lipinski definition) is 2. The van der Waals surface area contributed by atoms with Crippen molar-refractivity contribution in [1.82, 2.24) is 0 Å². The zero-order chi connectivity index (χ0) is 5.98. The first kappa shape index (κ1) is 8.46. The molecule has 0 heterocycles. The summed E-state index contributed by atoms with van der Waals surface area (Å²) in [5, 5.41) is 17.3. The molecule has 0 bridgehead atoms. The number of rotatable bonds is 0. The Morgan fingerprint density at radius 2 is 1.22 bits per heavy atom. The molecule has 1 aromatic carbocycles. The average Bonchev–Trinajstić information content (AvgIpc) is 1.77. The number of hydrogen-bond acceptors (Lipinski definition) is 2. The fraction of sp³-hybridized carbons (Fsp3) is 0. The van der Waals surface area contributed by atoms with E-state index in [-0.39, 0.29) is 31.3 Å². The molecular weight excluding hydrogens is 174 g/mol. The van der Waals surface area contributed by atoms with Gasteiger partial charge in [-0.3, -0.25) is 0 Å². The Labute approximate surface area is 66.2 Å². The van der Waals surface area contributed by atoms with E-state index >= 15 is 0 Å². The van der Waals surface area contributed by atoms with Crippen LogP contribution in [0.4, 0.5) is 0 Å². The SMILES string of the molecule is Oc1ccccc1O.[Ga]. The van der Waals surface area contributed by atoms with Crippen molar-refractivity contribution in [1.29, 1.82) is 0 Å². The molecule has 0 aromatic heterocycles. The van der Waals surface area contributed by atoms with Crippen molar-refractivity contribution in [3.05, 3.63) is 24.3 Å². The van der Waals surface area contributed by atoms with E-state index in [0.717, 1.165) is 0 Å². The van der Waals surface area contributed by atoms with E-state index in [2.05, 4.69) is 0 Å². The van der Waals surface area contributed by atoms with Gasteiger partial charge in [0, 0.05) is 19.8 Å².